The Hall–Kier alpha value is -0.840. The van der Waals surface area contributed by atoms with Crippen molar-refractivity contribution in [2.75, 3.05) is 26.8 Å². The second-order valence-electron chi connectivity index (χ2n) is 5.20. The molecule has 2 N–H and O–H groups in total. The van der Waals surface area contributed by atoms with Crippen LogP contribution in [0.2, 0.25) is 0 Å². The van der Waals surface area contributed by atoms with E-state index in [-0.39, 0.29) is 0 Å². The van der Waals surface area contributed by atoms with E-state index in [4.69, 9.17) is 14.9 Å². The molecule has 4 nitrogen and oxygen atoms in total. The number of hydrogen-bond acceptors (Lipinski definition) is 4. The third-order valence-corrected chi connectivity index (χ3v) is 3.68. The minimum atomic E-state index is 0.557. The lowest BCUT2D eigenvalue weighted by Gasteiger charge is -2.31. The van der Waals surface area contributed by atoms with Crippen LogP contribution < -0.4 is 5.73 Å². The van der Waals surface area contributed by atoms with Gasteiger partial charge in [-0.25, -0.2) is 0 Å². The van der Waals surface area contributed by atoms with Gasteiger partial charge in [-0.3, -0.25) is 4.90 Å². The minimum absolute atomic E-state index is 0.557. The maximum Gasteiger partial charge on any atom is 0.118 e. The van der Waals surface area contributed by atoms with Gasteiger partial charge >= 0.3 is 0 Å². The van der Waals surface area contributed by atoms with Gasteiger partial charge in [-0.2, -0.15) is 0 Å². The van der Waals surface area contributed by atoms with Crippen LogP contribution in [0.25, 0.3) is 0 Å². The standard InChI is InChI=1S/C14H24N2O2/c1-11-13(7-15)6-14(18-11)9-16-5-3-4-12(8-16)10-17-2/h6,12H,3-5,7-10,15H2,1-2H3. The highest BCUT2D eigenvalue weighted by molar-refractivity contribution is 5.20. The maximum atomic E-state index is 5.75. The Morgan fingerprint density at radius 2 is 2.39 bits per heavy atom. The first kappa shape index (κ1) is 13.6. The number of nitrogens with zero attached hydrogens (tertiary/aromatic N) is 1. The van der Waals surface area contributed by atoms with E-state index in [1.165, 1.54) is 12.8 Å². The van der Waals surface area contributed by atoms with Crippen LogP contribution in [0.4, 0.5) is 0 Å². The number of nitrogens with two attached hydrogens (primary N) is 1. The van der Waals surface area contributed by atoms with Crippen LogP contribution >= 0.6 is 0 Å². The third-order valence-electron chi connectivity index (χ3n) is 3.68. The number of furan rings is 1. The van der Waals surface area contributed by atoms with E-state index in [1.807, 2.05) is 6.92 Å². The van der Waals surface area contributed by atoms with Gasteiger partial charge in [0.25, 0.3) is 0 Å². The molecule has 1 aromatic heterocycles. The first-order valence-electron chi connectivity index (χ1n) is 6.72. The number of hydrogen-bond donors (Lipinski definition) is 1. The molecule has 4 heteroatoms. The molecule has 0 aliphatic carbocycles. The monoisotopic (exact) mass is 252 g/mol. The Labute approximate surface area is 109 Å². The fraction of sp³-hybridized carbons (Fsp3) is 0.714. The molecule has 102 valence electrons. The molecule has 2 heterocycles. The first-order valence-corrected chi connectivity index (χ1v) is 6.72. The highest BCUT2D eigenvalue weighted by Gasteiger charge is 2.21. The van der Waals surface area contributed by atoms with Crippen molar-refractivity contribution in [1.82, 2.24) is 4.90 Å². The Morgan fingerprint density at radius 3 is 3.06 bits per heavy atom. The molecule has 0 aromatic carbocycles. The van der Waals surface area contributed by atoms with Crippen LogP contribution in [0.1, 0.15) is 29.9 Å². The summed E-state index contributed by atoms with van der Waals surface area (Å²) in [5.41, 5.74) is 6.79. The summed E-state index contributed by atoms with van der Waals surface area (Å²) in [6, 6.07) is 2.09. The zero-order chi connectivity index (χ0) is 13.0. The topological polar surface area (TPSA) is 51.6 Å². The van der Waals surface area contributed by atoms with Gasteiger partial charge in [-0.15, -0.1) is 0 Å². The Bertz CT molecular complexity index is 374. The van der Waals surface area contributed by atoms with Crippen molar-refractivity contribution in [1.29, 1.82) is 0 Å². The summed E-state index contributed by atoms with van der Waals surface area (Å²) in [4.78, 5) is 2.45. The number of methoxy groups -OCH3 is 1. The summed E-state index contributed by atoms with van der Waals surface area (Å²) >= 11 is 0. The van der Waals surface area contributed by atoms with Crippen LogP contribution in [-0.2, 0) is 17.8 Å². The zero-order valence-corrected chi connectivity index (χ0v) is 11.4. The molecule has 1 atom stereocenters. The van der Waals surface area contributed by atoms with E-state index in [2.05, 4.69) is 11.0 Å². The van der Waals surface area contributed by atoms with Gasteiger partial charge in [-0.1, -0.05) is 0 Å². The highest BCUT2D eigenvalue weighted by atomic mass is 16.5. The number of likely N-dealkylation sites (tertiary alicyclic amines) is 1. The number of aryl methyl sites for hydroxylation is 1. The zero-order valence-electron chi connectivity index (χ0n) is 11.4. The highest BCUT2D eigenvalue weighted by Crippen LogP contribution is 2.21. The van der Waals surface area contributed by atoms with Crippen LogP contribution in [0.3, 0.4) is 0 Å². The van der Waals surface area contributed by atoms with Gasteiger partial charge in [0, 0.05) is 25.8 Å². The van der Waals surface area contributed by atoms with Crippen molar-refractivity contribution in [3.05, 3.63) is 23.2 Å². The molecule has 1 aromatic rings. The molecule has 0 bridgehead atoms. The molecule has 1 aliphatic rings. The molecular weight excluding hydrogens is 228 g/mol. The SMILES string of the molecule is COCC1CCCN(Cc2cc(CN)c(C)o2)C1. The largest absolute Gasteiger partial charge is 0.465 e. The first-order chi connectivity index (χ1) is 8.72. The van der Waals surface area contributed by atoms with Gasteiger partial charge in [0.1, 0.15) is 11.5 Å². The molecule has 0 amide bonds. The smallest absolute Gasteiger partial charge is 0.118 e. The van der Waals surface area contributed by atoms with Crippen LogP contribution in [-0.4, -0.2) is 31.7 Å². The molecule has 0 radical (unpaired) electrons. The molecule has 1 unspecified atom stereocenters. The molecule has 1 saturated heterocycles. The second-order valence-corrected chi connectivity index (χ2v) is 5.20. The average Bonchev–Trinajstić information content (AvgIpc) is 2.70. The average molecular weight is 252 g/mol. The summed E-state index contributed by atoms with van der Waals surface area (Å²) in [7, 11) is 1.78. The van der Waals surface area contributed by atoms with E-state index in [1.54, 1.807) is 7.11 Å². The lowest BCUT2D eigenvalue weighted by atomic mass is 9.99. The number of ether oxygens (including phenoxy) is 1. The van der Waals surface area contributed by atoms with Gasteiger partial charge in [-0.05, 0) is 38.3 Å². The van der Waals surface area contributed by atoms with Crippen LogP contribution in [0.5, 0.6) is 0 Å². The van der Waals surface area contributed by atoms with Gasteiger partial charge < -0.3 is 14.9 Å². The number of rotatable bonds is 5. The summed E-state index contributed by atoms with van der Waals surface area (Å²) in [5, 5.41) is 0. The van der Waals surface area contributed by atoms with Crippen LogP contribution in [0.15, 0.2) is 10.5 Å². The maximum absolute atomic E-state index is 5.75. The molecule has 0 spiro atoms. The fourth-order valence-corrected chi connectivity index (χ4v) is 2.76. The normalized spacial score (nSPS) is 21.4. The molecule has 1 aliphatic heterocycles. The minimum Gasteiger partial charge on any atom is -0.465 e. The molecule has 2 rings (SSSR count). The van der Waals surface area contributed by atoms with E-state index >= 15 is 0 Å². The molecule has 1 fully saturated rings. The lowest BCUT2D eigenvalue weighted by molar-refractivity contribution is 0.0839. The Balaban J connectivity index is 1.91. The second kappa shape index (κ2) is 6.36. The van der Waals surface area contributed by atoms with Crippen LogP contribution in [0, 0.1) is 12.8 Å². The van der Waals surface area contributed by atoms with Crippen molar-refractivity contribution in [2.24, 2.45) is 11.7 Å². The Morgan fingerprint density at radius 1 is 1.56 bits per heavy atom. The Kier molecular flexibility index (Phi) is 4.80. The quantitative estimate of drug-likeness (QED) is 0.869. The lowest BCUT2D eigenvalue weighted by Crippen LogP contribution is -2.36. The van der Waals surface area contributed by atoms with E-state index in [9.17, 15) is 0 Å². The van der Waals surface area contributed by atoms with E-state index < -0.39 is 0 Å². The summed E-state index contributed by atoms with van der Waals surface area (Å²) in [6.07, 6.45) is 2.52. The predicted molar refractivity (Wildman–Crippen MR) is 71.2 cm³/mol. The van der Waals surface area contributed by atoms with Crippen molar-refractivity contribution < 1.29 is 9.15 Å². The summed E-state index contributed by atoms with van der Waals surface area (Å²) < 4.78 is 11.0. The molecule has 18 heavy (non-hydrogen) atoms. The van der Waals surface area contributed by atoms with Gasteiger partial charge in [0.05, 0.1) is 13.2 Å². The molecule has 0 saturated carbocycles. The fourth-order valence-electron chi connectivity index (χ4n) is 2.76. The van der Waals surface area contributed by atoms with E-state index in [0.717, 1.165) is 43.3 Å². The van der Waals surface area contributed by atoms with Crippen molar-refractivity contribution in [2.45, 2.75) is 32.9 Å². The van der Waals surface area contributed by atoms with Crippen molar-refractivity contribution in [3.63, 3.8) is 0 Å². The number of piperidine rings is 1. The predicted octanol–water partition coefficient (Wildman–Crippen LogP) is 1.91. The van der Waals surface area contributed by atoms with Crippen molar-refractivity contribution >= 4 is 0 Å². The van der Waals surface area contributed by atoms with E-state index in [0.29, 0.717) is 12.5 Å². The van der Waals surface area contributed by atoms with Gasteiger partial charge in [0.15, 0.2) is 0 Å². The van der Waals surface area contributed by atoms with Gasteiger partial charge in [0.2, 0.25) is 0 Å². The summed E-state index contributed by atoms with van der Waals surface area (Å²) in [5.74, 6) is 2.65. The summed E-state index contributed by atoms with van der Waals surface area (Å²) in [6.45, 7) is 6.55. The third kappa shape index (κ3) is 3.34. The van der Waals surface area contributed by atoms with Crippen molar-refractivity contribution in [3.8, 4) is 0 Å². The molecular formula is C14H24N2O2.